The van der Waals surface area contributed by atoms with Crippen LogP contribution in [-0.2, 0) is 13.9 Å². The van der Waals surface area contributed by atoms with Gasteiger partial charge in [-0.15, -0.1) is 0 Å². The van der Waals surface area contributed by atoms with E-state index in [0.717, 1.165) is 0 Å². The Bertz CT molecular complexity index is 1330. The molecule has 0 aliphatic heterocycles. The number of aliphatic carboxylic acids is 1. The number of hydrogen-bond donors (Lipinski definition) is 8. The molecule has 1 atom stereocenters. The quantitative estimate of drug-likeness (QED) is 0.108. The van der Waals surface area contributed by atoms with Gasteiger partial charge in [-0.05, 0) is 44.4 Å². The topological polar surface area (TPSA) is 214 Å². The molecule has 218 valence electrons. The molecule has 0 amide bonds. The molecular formula is C26H34N2O10P2. The molecule has 0 radical (unpaired) electrons. The van der Waals surface area contributed by atoms with E-state index in [1.165, 1.54) is 18.2 Å². The minimum absolute atomic E-state index is 0.0155. The van der Waals surface area contributed by atoms with Crippen molar-refractivity contribution < 1.29 is 48.5 Å². The molecular weight excluding hydrogens is 562 g/mol. The number of allylic oxidation sites excluding steroid dienone is 2. The van der Waals surface area contributed by atoms with Crippen molar-refractivity contribution in [2.45, 2.75) is 37.6 Å². The van der Waals surface area contributed by atoms with Gasteiger partial charge in [-0.3, -0.25) is 19.2 Å². The fourth-order valence-electron chi connectivity index (χ4n) is 3.86. The Balaban J connectivity index is 2.24. The van der Waals surface area contributed by atoms with Gasteiger partial charge in [-0.25, -0.2) is 4.79 Å². The molecule has 0 aliphatic carbocycles. The average Bonchev–Trinajstić information content (AvgIpc) is 2.86. The Morgan fingerprint density at radius 3 is 1.82 bits per heavy atom. The van der Waals surface area contributed by atoms with Gasteiger partial charge in [0.05, 0.1) is 5.56 Å². The van der Waals surface area contributed by atoms with E-state index in [1.54, 1.807) is 62.4 Å². The van der Waals surface area contributed by atoms with Crippen LogP contribution in [0.3, 0.4) is 0 Å². The highest BCUT2D eigenvalue weighted by atomic mass is 31.2. The van der Waals surface area contributed by atoms with Crippen LogP contribution >= 0.6 is 15.2 Å². The van der Waals surface area contributed by atoms with Crippen molar-refractivity contribution in [3.05, 3.63) is 89.0 Å². The van der Waals surface area contributed by atoms with Crippen LogP contribution in [-0.4, -0.2) is 59.7 Å². The predicted molar refractivity (Wildman–Crippen MR) is 150 cm³/mol. The van der Waals surface area contributed by atoms with E-state index in [4.69, 9.17) is 0 Å². The number of rotatable bonds is 15. The molecule has 0 saturated carbocycles. The molecule has 2 rings (SSSR count). The van der Waals surface area contributed by atoms with Gasteiger partial charge in [0, 0.05) is 18.8 Å². The number of benzene rings is 2. The zero-order valence-electron chi connectivity index (χ0n) is 22.0. The second-order valence-electron chi connectivity index (χ2n) is 9.35. The molecule has 0 fully saturated rings. The maximum Gasteiger partial charge on any atom is 0.344 e. The standard InChI is InChI=1S/C26H34N2O10P2/c1-18(16-27-22-11-7-6-10-21(22)24(29)30)12-14-26(39(33,34)35,40(36,37)38)15-13-19(2)17-28-23(25(31)32)20-8-4-3-5-9-20/h3-13,23,27-28H,14-17H2,1-2H3,(H,29,30)(H,31,32)(H2,33,34,35)(H2,36,37,38)/b18-12+,19-13+. The summed E-state index contributed by atoms with van der Waals surface area (Å²) < 4.78 is 25.1. The van der Waals surface area contributed by atoms with Gasteiger partial charge in [0.15, 0.2) is 4.90 Å². The molecule has 12 nitrogen and oxygen atoms in total. The summed E-state index contributed by atoms with van der Waals surface area (Å²) >= 11 is 0. The van der Waals surface area contributed by atoms with Gasteiger partial charge < -0.3 is 35.1 Å². The van der Waals surface area contributed by atoms with E-state index < -0.39 is 50.9 Å². The van der Waals surface area contributed by atoms with Gasteiger partial charge in [-0.1, -0.05) is 65.8 Å². The first-order valence-corrected chi connectivity index (χ1v) is 15.3. The maximum absolute atomic E-state index is 12.5. The summed E-state index contributed by atoms with van der Waals surface area (Å²) in [4.78, 5) is 60.8. The molecule has 1 unspecified atom stereocenters. The zero-order chi connectivity index (χ0) is 30.1. The van der Waals surface area contributed by atoms with Crippen molar-refractivity contribution in [2.75, 3.05) is 18.4 Å². The van der Waals surface area contributed by atoms with Crippen molar-refractivity contribution in [3.63, 3.8) is 0 Å². The number of carboxylic acids is 2. The van der Waals surface area contributed by atoms with E-state index in [-0.39, 0.29) is 18.7 Å². The molecule has 0 bridgehead atoms. The van der Waals surface area contributed by atoms with Crippen molar-refractivity contribution in [1.82, 2.24) is 5.32 Å². The van der Waals surface area contributed by atoms with Gasteiger partial charge in [0.2, 0.25) is 0 Å². The third kappa shape index (κ3) is 8.71. The first kappa shape index (κ1) is 33.1. The summed E-state index contributed by atoms with van der Waals surface area (Å²) in [5.74, 6) is -2.29. The molecule has 0 heterocycles. The molecule has 0 saturated heterocycles. The smallest absolute Gasteiger partial charge is 0.344 e. The lowest BCUT2D eigenvalue weighted by Gasteiger charge is -2.33. The minimum Gasteiger partial charge on any atom is -0.480 e. The monoisotopic (exact) mass is 596 g/mol. The van der Waals surface area contributed by atoms with E-state index in [9.17, 15) is 48.5 Å². The molecule has 14 heteroatoms. The number of aromatic carboxylic acids is 1. The third-order valence-corrected chi connectivity index (χ3v) is 10.8. The van der Waals surface area contributed by atoms with Crippen LogP contribution in [0.5, 0.6) is 0 Å². The second-order valence-corrected chi connectivity index (χ2v) is 13.6. The fraction of sp³-hybridized carbons (Fsp3) is 0.308. The van der Waals surface area contributed by atoms with Crippen molar-refractivity contribution in [1.29, 1.82) is 0 Å². The first-order chi connectivity index (χ1) is 18.6. The highest BCUT2D eigenvalue weighted by Gasteiger charge is 2.58. The molecule has 2 aromatic carbocycles. The van der Waals surface area contributed by atoms with Gasteiger partial charge in [0.25, 0.3) is 0 Å². The number of anilines is 1. The SMILES string of the molecule is C/C(=C\CC(C/C=C(\C)CNC(C(=O)O)c1ccccc1)(P(=O)(O)O)P(=O)(O)O)CNc1ccccc1C(=O)O. The van der Waals surface area contributed by atoms with Gasteiger partial charge in [-0.2, -0.15) is 0 Å². The lowest BCUT2D eigenvalue weighted by Crippen LogP contribution is -2.30. The third-order valence-electron chi connectivity index (χ3n) is 6.32. The Morgan fingerprint density at radius 1 is 0.825 bits per heavy atom. The van der Waals surface area contributed by atoms with Crippen molar-refractivity contribution in [3.8, 4) is 0 Å². The predicted octanol–water partition coefficient (Wildman–Crippen LogP) is 3.94. The minimum atomic E-state index is -5.41. The summed E-state index contributed by atoms with van der Waals surface area (Å²) in [6.45, 7) is 3.15. The van der Waals surface area contributed by atoms with Crippen LogP contribution < -0.4 is 10.6 Å². The molecule has 0 spiro atoms. The Hall–Kier alpha value is -3.08. The van der Waals surface area contributed by atoms with Crippen molar-refractivity contribution in [2.24, 2.45) is 0 Å². The average molecular weight is 597 g/mol. The summed E-state index contributed by atoms with van der Waals surface area (Å²) in [5, 5.41) is 24.6. The Kier molecular flexibility index (Phi) is 11.6. The van der Waals surface area contributed by atoms with Crippen LogP contribution in [0.1, 0.15) is 48.7 Å². The zero-order valence-corrected chi connectivity index (χ0v) is 23.8. The largest absolute Gasteiger partial charge is 0.480 e. The highest BCUT2D eigenvalue weighted by Crippen LogP contribution is 2.72. The van der Waals surface area contributed by atoms with Gasteiger partial charge in [0.1, 0.15) is 6.04 Å². The summed E-state index contributed by atoms with van der Waals surface area (Å²) in [6, 6.07) is 13.4. The fourth-order valence-corrected chi connectivity index (χ4v) is 6.54. The number of carboxylic acid groups (broad SMARTS) is 2. The molecule has 2 aromatic rings. The summed E-state index contributed by atoms with van der Waals surface area (Å²) in [6.07, 6.45) is 1.22. The number of hydrogen-bond acceptors (Lipinski definition) is 6. The van der Waals surface area contributed by atoms with Crippen LogP contribution in [0.2, 0.25) is 0 Å². The molecule has 8 N–H and O–H groups in total. The highest BCUT2D eigenvalue weighted by molar-refractivity contribution is 7.72. The van der Waals surface area contributed by atoms with E-state index >= 15 is 0 Å². The number of para-hydroxylation sites is 1. The van der Waals surface area contributed by atoms with E-state index in [1.807, 2.05) is 0 Å². The lowest BCUT2D eigenvalue weighted by atomic mass is 10.1. The summed E-state index contributed by atoms with van der Waals surface area (Å²) in [5.41, 5.74) is 1.69. The molecule has 0 aromatic heterocycles. The molecule has 40 heavy (non-hydrogen) atoms. The van der Waals surface area contributed by atoms with Crippen LogP contribution in [0.15, 0.2) is 77.9 Å². The maximum atomic E-state index is 12.5. The normalized spacial score (nSPS) is 14.1. The van der Waals surface area contributed by atoms with Crippen molar-refractivity contribution >= 4 is 32.8 Å². The molecule has 0 aliphatic rings. The van der Waals surface area contributed by atoms with E-state index in [2.05, 4.69) is 10.6 Å². The van der Waals surface area contributed by atoms with Crippen LogP contribution in [0.4, 0.5) is 5.69 Å². The lowest BCUT2D eigenvalue weighted by molar-refractivity contribution is -0.139. The summed E-state index contributed by atoms with van der Waals surface area (Å²) in [7, 11) is -10.8. The Morgan fingerprint density at radius 2 is 1.32 bits per heavy atom. The van der Waals surface area contributed by atoms with E-state index in [0.29, 0.717) is 22.4 Å². The second kappa shape index (κ2) is 14.0. The van der Waals surface area contributed by atoms with Crippen LogP contribution in [0.25, 0.3) is 0 Å². The van der Waals surface area contributed by atoms with Crippen LogP contribution in [0, 0.1) is 0 Å². The number of carbonyl (C=O) groups is 2. The van der Waals surface area contributed by atoms with Gasteiger partial charge >= 0.3 is 27.1 Å². The first-order valence-electron chi connectivity index (χ1n) is 12.1. The number of nitrogens with one attached hydrogen (secondary N) is 2. The Labute approximate surface area is 231 Å².